The van der Waals surface area contributed by atoms with Gasteiger partial charge in [0.15, 0.2) is 17.2 Å². The summed E-state index contributed by atoms with van der Waals surface area (Å²) in [6.45, 7) is 7.66. The van der Waals surface area contributed by atoms with E-state index in [-0.39, 0.29) is 41.8 Å². The molecule has 3 aliphatic heterocycles. The summed E-state index contributed by atoms with van der Waals surface area (Å²) < 4.78 is 52.3. The molecule has 258 valence electrons. The van der Waals surface area contributed by atoms with Gasteiger partial charge in [0.25, 0.3) is 6.43 Å². The normalized spacial score (nSPS) is 22.1. The second-order valence-electron chi connectivity index (χ2n) is 12.8. The van der Waals surface area contributed by atoms with E-state index in [0.29, 0.717) is 61.4 Å². The number of furan rings is 1. The second kappa shape index (κ2) is 12.7. The van der Waals surface area contributed by atoms with E-state index in [1.54, 1.807) is 30.5 Å². The largest absolute Gasteiger partial charge is 0.480 e. The summed E-state index contributed by atoms with van der Waals surface area (Å²) in [5, 5.41) is 21.6. The van der Waals surface area contributed by atoms with E-state index in [4.69, 9.17) is 18.6 Å². The number of alkyl halides is 2. The number of halogens is 2. The molecule has 3 fully saturated rings. The number of pyridine rings is 1. The Labute approximate surface area is 281 Å². The van der Waals surface area contributed by atoms with E-state index >= 15 is 0 Å². The quantitative estimate of drug-likeness (QED) is 0.249. The molecule has 49 heavy (non-hydrogen) atoms. The Kier molecular flexibility index (Phi) is 8.54. The number of aromatic nitrogens is 3. The summed E-state index contributed by atoms with van der Waals surface area (Å²) in [7, 11) is 0. The number of hydrogen-bond acceptors (Lipinski definition) is 11. The maximum Gasteiger partial charge on any atom is 0.326 e. The number of para-hydroxylation sites is 1. The van der Waals surface area contributed by atoms with Crippen LogP contribution < -0.4 is 14.5 Å². The predicted octanol–water partition coefficient (Wildman–Crippen LogP) is 4.72. The maximum absolute atomic E-state index is 14.1. The molecule has 0 radical (unpaired) electrons. The Bertz CT molecular complexity index is 1950. The molecule has 0 aliphatic carbocycles. The highest BCUT2D eigenvalue weighted by molar-refractivity contribution is 6.06. The smallest absolute Gasteiger partial charge is 0.326 e. The highest BCUT2D eigenvalue weighted by atomic mass is 19.3. The SMILES string of the molecule is CCC(O)(C#Cc1cnc(O[C@H]2C[C@@H](C(=O)O)N(c3nc(C(F)F)nc4c3oc3ccccc34)C2)c(N2CCOC3(COC3)[C@@H]2C)c1)CC. The van der Waals surface area contributed by atoms with Gasteiger partial charge < -0.3 is 38.6 Å². The highest BCUT2D eigenvalue weighted by Gasteiger charge is 2.50. The van der Waals surface area contributed by atoms with Crippen molar-refractivity contribution in [1.29, 1.82) is 0 Å². The van der Waals surface area contributed by atoms with Gasteiger partial charge in [0.1, 0.15) is 40.1 Å². The van der Waals surface area contributed by atoms with Crippen LogP contribution in [0.25, 0.3) is 22.1 Å². The number of aliphatic carboxylic acids is 1. The fraction of sp³-hybridized carbons (Fsp3) is 0.486. The zero-order valence-electron chi connectivity index (χ0n) is 27.4. The molecule has 3 aromatic heterocycles. The van der Waals surface area contributed by atoms with Crippen LogP contribution >= 0.6 is 0 Å². The third-order valence-corrected chi connectivity index (χ3v) is 9.91. The number of ether oxygens (including phenoxy) is 3. The number of carbonyl (C=O) groups is 1. The Balaban J connectivity index is 1.26. The standard InChI is InChI=1S/C35H37F2N5O7/c1-4-34(45,5-2)11-10-21-14-24(41-12-13-47-35(20(41)3)18-46-19-35)32(38-16-21)48-22-15-25(33(43)44)42(17-22)31-28-27(39-30(40-31)29(36)37)23-8-6-7-9-26(23)49-28/h6-9,14,16,20,22,25,29,45H,4-5,12-13,15,17-19H2,1-3H3,(H,43,44)/t20-,22-,25-/m0/s1. The number of morpholine rings is 1. The van der Waals surface area contributed by atoms with Gasteiger partial charge in [0, 0.05) is 30.1 Å². The van der Waals surface area contributed by atoms with Gasteiger partial charge in [-0.15, -0.1) is 0 Å². The van der Waals surface area contributed by atoms with Gasteiger partial charge in [0.2, 0.25) is 5.88 Å². The van der Waals surface area contributed by atoms with Gasteiger partial charge in [-0.25, -0.2) is 28.5 Å². The number of carboxylic acid groups (broad SMARTS) is 1. The van der Waals surface area contributed by atoms with Crippen molar-refractivity contribution in [2.75, 3.05) is 42.7 Å². The number of aliphatic hydroxyl groups is 1. The zero-order chi connectivity index (χ0) is 34.5. The summed E-state index contributed by atoms with van der Waals surface area (Å²) >= 11 is 0. The number of anilines is 2. The molecule has 3 saturated heterocycles. The number of fused-ring (bicyclic) bond motifs is 3. The average molecular weight is 678 g/mol. The fourth-order valence-electron chi connectivity index (χ4n) is 6.72. The summed E-state index contributed by atoms with van der Waals surface area (Å²) in [5.41, 5.74) is 0.299. The number of hydrogen-bond donors (Lipinski definition) is 2. The first-order valence-corrected chi connectivity index (χ1v) is 16.4. The van der Waals surface area contributed by atoms with Crippen molar-refractivity contribution in [2.45, 2.75) is 75.8 Å². The van der Waals surface area contributed by atoms with Crippen molar-refractivity contribution >= 4 is 39.5 Å². The van der Waals surface area contributed by atoms with Crippen molar-refractivity contribution in [2.24, 2.45) is 0 Å². The molecule has 0 saturated carbocycles. The monoisotopic (exact) mass is 677 g/mol. The van der Waals surface area contributed by atoms with Crippen LogP contribution in [0.3, 0.4) is 0 Å². The maximum atomic E-state index is 14.1. The van der Waals surface area contributed by atoms with E-state index in [2.05, 4.69) is 31.7 Å². The third-order valence-electron chi connectivity index (χ3n) is 9.91. The first-order chi connectivity index (χ1) is 23.5. The van der Waals surface area contributed by atoms with E-state index in [1.165, 1.54) is 4.90 Å². The molecule has 2 N–H and O–H groups in total. The van der Waals surface area contributed by atoms with Crippen LogP contribution in [0.1, 0.15) is 57.8 Å². The van der Waals surface area contributed by atoms with Crippen LogP contribution in [-0.4, -0.2) is 93.4 Å². The average Bonchev–Trinajstić information content (AvgIpc) is 3.68. The van der Waals surface area contributed by atoms with Crippen molar-refractivity contribution in [3.05, 3.63) is 47.9 Å². The summed E-state index contributed by atoms with van der Waals surface area (Å²) in [5.74, 6) is 4.38. The molecular weight excluding hydrogens is 640 g/mol. The molecule has 0 bridgehead atoms. The Hall–Kier alpha value is -4.58. The zero-order valence-corrected chi connectivity index (χ0v) is 27.4. The predicted molar refractivity (Wildman–Crippen MR) is 175 cm³/mol. The van der Waals surface area contributed by atoms with Gasteiger partial charge >= 0.3 is 5.97 Å². The van der Waals surface area contributed by atoms with Gasteiger partial charge in [0.05, 0.1) is 32.4 Å². The molecule has 12 nitrogen and oxygen atoms in total. The van der Waals surface area contributed by atoms with Crippen LogP contribution in [0.15, 0.2) is 40.9 Å². The lowest BCUT2D eigenvalue weighted by Gasteiger charge is -2.53. The van der Waals surface area contributed by atoms with Crippen LogP contribution in [-0.2, 0) is 14.3 Å². The molecule has 6 heterocycles. The molecular formula is C35H37F2N5O7. The molecule has 3 atom stereocenters. The Morgan fingerprint density at radius 3 is 2.67 bits per heavy atom. The summed E-state index contributed by atoms with van der Waals surface area (Å²) in [6.07, 6.45) is -1.19. The van der Waals surface area contributed by atoms with E-state index in [9.17, 15) is 23.8 Å². The number of nitrogens with zero attached hydrogens (tertiary/aromatic N) is 5. The molecule has 1 aromatic carbocycles. The van der Waals surface area contributed by atoms with Gasteiger partial charge in [-0.3, -0.25) is 0 Å². The minimum absolute atomic E-state index is 0.00194. The molecule has 4 aromatic rings. The van der Waals surface area contributed by atoms with Crippen molar-refractivity contribution in [1.82, 2.24) is 15.0 Å². The molecule has 7 rings (SSSR count). The van der Waals surface area contributed by atoms with E-state index in [0.717, 1.165) is 0 Å². The van der Waals surface area contributed by atoms with Gasteiger partial charge in [-0.1, -0.05) is 37.8 Å². The lowest BCUT2D eigenvalue weighted by atomic mass is 9.90. The van der Waals surface area contributed by atoms with E-state index in [1.807, 2.05) is 26.8 Å². The first-order valence-electron chi connectivity index (χ1n) is 16.4. The minimum Gasteiger partial charge on any atom is -0.480 e. The second-order valence-corrected chi connectivity index (χ2v) is 12.8. The Morgan fingerprint density at radius 2 is 1.98 bits per heavy atom. The van der Waals surface area contributed by atoms with Gasteiger partial charge in [-0.05, 0) is 38.0 Å². The molecule has 0 amide bonds. The lowest BCUT2D eigenvalue weighted by Crippen LogP contribution is -2.68. The Morgan fingerprint density at radius 1 is 1.20 bits per heavy atom. The van der Waals surface area contributed by atoms with E-state index < -0.39 is 41.6 Å². The fourth-order valence-corrected chi connectivity index (χ4v) is 6.72. The van der Waals surface area contributed by atoms with Gasteiger partial charge in [-0.2, -0.15) is 0 Å². The number of carboxylic acids is 1. The van der Waals surface area contributed by atoms with Crippen molar-refractivity contribution < 1.29 is 42.4 Å². The van der Waals surface area contributed by atoms with Crippen molar-refractivity contribution in [3.63, 3.8) is 0 Å². The topological polar surface area (TPSA) is 144 Å². The molecule has 14 heteroatoms. The summed E-state index contributed by atoms with van der Waals surface area (Å²) in [6, 6.07) is 7.46. The van der Waals surface area contributed by atoms with Crippen LogP contribution in [0.4, 0.5) is 20.3 Å². The first kappa shape index (κ1) is 32.9. The molecule has 3 aliphatic rings. The highest BCUT2D eigenvalue weighted by Crippen LogP contribution is 2.41. The van der Waals surface area contributed by atoms with Crippen LogP contribution in [0.5, 0.6) is 5.88 Å². The number of benzene rings is 1. The molecule has 1 spiro atoms. The third kappa shape index (κ3) is 5.89. The van der Waals surface area contributed by atoms with Crippen molar-refractivity contribution in [3.8, 4) is 17.7 Å². The molecule has 0 unspecified atom stereocenters. The minimum atomic E-state index is -2.99. The summed E-state index contributed by atoms with van der Waals surface area (Å²) in [4.78, 5) is 29.0. The van der Waals surface area contributed by atoms with Crippen LogP contribution in [0, 0.1) is 11.8 Å². The number of rotatable bonds is 8. The lowest BCUT2D eigenvalue weighted by molar-refractivity contribution is -0.228. The van der Waals surface area contributed by atoms with Crippen LogP contribution in [0.2, 0.25) is 0 Å².